The molecule has 252 valence electrons. The van der Waals surface area contributed by atoms with Gasteiger partial charge >= 0.3 is 6.18 Å². The summed E-state index contributed by atoms with van der Waals surface area (Å²) in [6, 6.07) is 48.1. The van der Waals surface area contributed by atoms with Gasteiger partial charge < -0.3 is 9.30 Å². The van der Waals surface area contributed by atoms with Crippen molar-refractivity contribution in [2.75, 3.05) is 0 Å². The number of aromatic nitrogens is 1. The second-order valence-corrected chi connectivity index (χ2v) is 14.4. The van der Waals surface area contributed by atoms with Crippen molar-refractivity contribution in [3.63, 3.8) is 0 Å². The molecule has 10 rings (SSSR count). The lowest BCUT2D eigenvalue weighted by Crippen LogP contribution is -2.35. The molecule has 2 aliphatic rings. The van der Waals surface area contributed by atoms with Crippen LogP contribution in [-0.4, -0.2) is 4.57 Å². The SMILES string of the molecule is CC1(C)c2cc(C(F)(F)F)ccc2-c2c1c1c(c3ccccc23)OC(c2ccccc2)(c2ccc3c(c2)c2ccccc2n3-c2ccccc2)C=C1. The van der Waals surface area contributed by atoms with Crippen LogP contribution >= 0.6 is 0 Å². The average molecular weight is 684 g/mol. The van der Waals surface area contributed by atoms with Gasteiger partial charge in [0.1, 0.15) is 5.75 Å². The van der Waals surface area contributed by atoms with Gasteiger partial charge in [0, 0.05) is 44.0 Å². The highest BCUT2D eigenvalue weighted by atomic mass is 19.4. The number of rotatable bonds is 3. The molecular formula is C47H32F3NO. The van der Waals surface area contributed by atoms with Gasteiger partial charge in [-0.1, -0.05) is 123 Å². The number of fused-ring (bicyclic) bond motifs is 11. The molecule has 1 aromatic heterocycles. The van der Waals surface area contributed by atoms with Crippen LogP contribution < -0.4 is 4.74 Å². The molecule has 0 amide bonds. The van der Waals surface area contributed by atoms with E-state index in [-0.39, 0.29) is 0 Å². The van der Waals surface area contributed by atoms with E-state index in [1.165, 1.54) is 12.1 Å². The Balaban J connectivity index is 1.23. The van der Waals surface area contributed by atoms with E-state index in [0.717, 1.165) is 77.4 Å². The van der Waals surface area contributed by atoms with Gasteiger partial charge in [0.2, 0.25) is 0 Å². The van der Waals surface area contributed by atoms with Crippen LogP contribution in [0.5, 0.6) is 5.75 Å². The first-order chi connectivity index (χ1) is 25.2. The number of halogens is 3. The van der Waals surface area contributed by atoms with Crippen molar-refractivity contribution in [3.05, 3.63) is 185 Å². The number of para-hydroxylation sites is 2. The molecule has 5 heteroatoms. The van der Waals surface area contributed by atoms with Crippen molar-refractivity contribution in [1.29, 1.82) is 0 Å². The Kier molecular flexibility index (Phi) is 6.34. The molecule has 0 radical (unpaired) electrons. The standard InChI is InChI=1S/C47H32F3NO/c1-45(2)39-28-31(47(48,49)50)21-23-36(39)42-34-18-9-10-19-35(34)44-37(43(42)45)25-26-46(52-44,29-13-5-3-6-14-29)30-22-24-41-38(27-30)33-17-11-12-20-40(33)51(41)32-15-7-4-8-16-32/h3-28H,1-2H3. The summed E-state index contributed by atoms with van der Waals surface area (Å²) in [6.07, 6.45) is -0.154. The van der Waals surface area contributed by atoms with Crippen molar-refractivity contribution in [3.8, 4) is 22.6 Å². The summed E-state index contributed by atoms with van der Waals surface area (Å²) in [6.45, 7) is 4.05. The minimum Gasteiger partial charge on any atom is -0.472 e. The molecule has 2 nitrogen and oxygen atoms in total. The van der Waals surface area contributed by atoms with Gasteiger partial charge in [0.15, 0.2) is 5.60 Å². The predicted molar refractivity (Wildman–Crippen MR) is 204 cm³/mol. The summed E-state index contributed by atoms with van der Waals surface area (Å²) in [5.74, 6) is 0.726. The molecule has 0 N–H and O–H groups in total. The first-order valence-corrected chi connectivity index (χ1v) is 17.5. The monoisotopic (exact) mass is 683 g/mol. The average Bonchev–Trinajstić information content (AvgIpc) is 3.63. The number of alkyl halides is 3. The summed E-state index contributed by atoms with van der Waals surface area (Å²) in [4.78, 5) is 0. The number of hydrogen-bond acceptors (Lipinski definition) is 1. The smallest absolute Gasteiger partial charge is 0.416 e. The van der Waals surface area contributed by atoms with Crippen LogP contribution in [0.25, 0.3) is 55.5 Å². The second kappa shape index (κ2) is 10.7. The third-order valence-electron chi connectivity index (χ3n) is 11.2. The molecule has 1 aliphatic heterocycles. The molecule has 52 heavy (non-hydrogen) atoms. The fraction of sp³-hybridized carbons (Fsp3) is 0.106. The number of nitrogens with zero attached hydrogens (tertiary/aromatic N) is 1. The molecule has 2 heterocycles. The Morgan fingerprint density at radius 2 is 1.25 bits per heavy atom. The van der Waals surface area contributed by atoms with Crippen LogP contribution in [0.3, 0.4) is 0 Å². The first kappa shape index (κ1) is 30.7. The minimum absolute atomic E-state index is 0.635. The molecule has 0 fully saturated rings. The largest absolute Gasteiger partial charge is 0.472 e. The Morgan fingerprint density at radius 1 is 0.596 bits per heavy atom. The summed E-state index contributed by atoms with van der Waals surface area (Å²) >= 11 is 0. The van der Waals surface area contributed by atoms with Crippen LogP contribution in [-0.2, 0) is 17.2 Å². The highest BCUT2D eigenvalue weighted by Crippen LogP contribution is 2.58. The maximum Gasteiger partial charge on any atom is 0.416 e. The topological polar surface area (TPSA) is 14.2 Å². The summed E-state index contributed by atoms with van der Waals surface area (Å²) < 4.78 is 51.8. The summed E-state index contributed by atoms with van der Waals surface area (Å²) in [7, 11) is 0. The van der Waals surface area contributed by atoms with Crippen LogP contribution in [0.1, 0.15) is 47.2 Å². The van der Waals surface area contributed by atoms with E-state index in [0.29, 0.717) is 5.56 Å². The van der Waals surface area contributed by atoms with Gasteiger partial charge in [0.05, 0.1) is 16.6 Å². The zero-order valence-corrected chi connectivity index (χ0v) is 28.5. The van der Waals surface area contributed by atoms with Crippen molar-refractivity contribution < 1.29 is 17.9 Å². The van der Waals surface area contributed by atoms with Crippen molar-refractivity contribution in [2.24, 2.45) is 0 Å². The summed E-state index contributed by atoms with van der Waals surface area (Å²) in [5, 5.41) is 4.14. The molecule has 0 spiro atoms. The molecule has 0 saturated heterocycles. The normalized spacial score (nSPS) is 17.2. The highest BCUT2D eigenvalue weighted by molar-refractivity contribution is 6.10. The molecule has 7 aromatic carbocycles. The summed E-state index contributed by atoms with van der Waals surface area (Å²) in [5.41, 5.74) is 7.29. The van der Waals surface area contributed by atoms with Gasteiger partial charge in [-0.2, -0.15) is 13.2 Å². The van der Waals surface area contributed by atoms with Crippen molar-refractivity contribution >= 4 is 38.7 Å². The van der Waals surface area contributed by atoms with Crippen LogP contribution in [0.2, 0.25) is 0 Å². The van der Waals surface area contributed by atoms with Crippen LogP contribution in [0.15, 0.2) is 152 Å². The molecular weight excluding hydrogens is 652 g/mol. The molecule has 0 bridgehead atoms. The van der Waals surface area contributed by atoms with E-state index in [1.807, 2.05) is 50.2 Å². The molecule has 1 aliphatic carbocycles. The first-order valence-electron chi connectivity index (χ1n) is 17.5. The van der Waals surface area contributed by atoms with Gasteiger partial charge in [-0.3, -0.25) is 0 Å². The van der Waals surface area contributed by atoms with Gasteiger partial charge in [-0.05, 0) is 76.2 Å². The van der Waals surface area contributed by atoms with E-state index in [4.69, 9.17) is 4.74 Å². The lowest BCUT2D eigenvalue weighted by Gasteiger charge is -2.38. The predicted octanol–water partition coefficient (Wildman–Crippen LogP) is 12.6. The van der Waals surface area contributed by atoms with E-state index >= 15 is 0 Å². The van der Waals surface area contributed by atoms with E-state index in [2.05, 4.69) is 108 Å². The van der Waals surface area contributed by atoms with Crippen molar-refractivity contribution in [2.45, 2.75) is 31.0 Å². The minimum atomic E-state index is -4.44. The maximum atomic E-state index is 14.0. The van der Waals surface area contributed by atoms with Crippen LogP contribution in [0.4, 0.5) is 13.2 Å². The number of benzene rings is 7. The lowest BCUT2D eigenvalue weighted by molar-refractivity contribution is -0.137. The van der Waals surface area contributed by atoms with E-state index < -0.39 is 22.8 Å². The van der Waals surface area contributed by atoms with Gasteiger partial charge in [-0.25, -0.2) is 0 Å². The van der Waals surface area contributed by atoms with Gasteiger partial charge in [-0.15, -0.1) is 0 Å². The van der Waals surface area contributed by atoms with Crippen LogP contribution in [0, 0.1) is 0 Å². The molecule has 8 aromatic rings. The molecule has 1 atom stereocenters. The Labute approximate surface area is 299 Å². The fourth-order valence-electron chi connectivity index (χ4n) is 8.83. The molecule has 1 unspecified atom stereocenters. The second-order valence-electron chi connectivity index (χ2n) is 14.4. The third kappa shape index (κ3) is 4.19. The Hall–Kier alpha value is -6.07. The highest BCUT2D eigenvalue weighted by Gasteiger charge is 2.45. The zero-order chi connectivity index (χ0) is 35.4. The maximum absolute atomic E-state index is 14.0. The zero-order valence-electron chi connectivity index (χ0n) is 28.5. The van der Waals surface area contributed by atoms with E-state index in [1.54, 1.807) is 6.07 Å². The lowest BCUT2D eigenvalue weighted by atomic mass is 9.76. The van der Waals surface area contributed by atoms with Crippen molar-refractivity contribution in [1.82, 2.24) is 4.57 Å². The van der Waals surface area contributed by atoms with Gasteiger partial charge in [0.25, 0.3) is 0 Å². The fourth-order valence-corrected chi connectivity index (χ4v) is 8.83. The number of hydrogen-bond donors (Lipinski definition) is 0. The van der Waals surface area contributed by atoms with E-state index in [9.17, 15) is 13.2 Å². The quantitative estimate of drug-likeness (QED) is 0.181. The molecule has 0 saturated carbocycles. The Bertz CT molecular complexity index is 2780. The Morgan fingerprint density at radius 3 is 2.00 bits per heavy atom. The third-order valence-corrected chi connectivity index (χ3v) is 11.2. The number of ether oxygens (including phenoxy) is 1.